The molecule has 0 radical (unpaired) electrons. The van der Waals surface area contributed by atoms with Crippen molar-refractivity contribution in [3.8, 4) is 17.2 Å². The van der Waals surface area contributed by atoms with Gasteiger partial charge in [0.1, 0.15) is 22.8 Å². The summed E-state index contributed by atoms with van der Waals surface area (Å²) in [6.07, 6.45) is 0.458. The number of ether oxygens (including phenoxy) is 2. The van der Waals surface area contributed by atoms with E-state index in [4.69, 9.17) is 14.6 Å². The highest BCUT2D eigenvalue weighted by molar-refractivity contribution is 6.08. The average molecular weight is 456 g/mol. The number of pyridine rings is 1. The lowest BCUT2D eigenvalue weighted by molar-refractivity contribution is 0.414. The Hall–Kier alpha value is -4.26. The Bertz CT molecular complexity index is 1440. The first-order valence-corrected chi connectivity index (χ1v) is 11.0. The van der Waals surface area contributed by atoms with E-state index in [1.807, 2.05) is 77.8 Å². The van der Waals surface area contributed by atoms with E-state index in [1.165, 1.54) is 0 Å². The number of aromatic hydroxyl groups is 1. The highest BCUT2D eigenvalue weighted by Crippen LogP contribution is 2.39. The number of aryl methyl sites for hydroxylation is 1. The Morgan fingerprint density at radius 3 is 2.18 bits per heavy atom. The van der Waals surface area contributed by atoms with Gasteiger partial charge in [-0.2, -0.15) is 5.10 Å². The maximum absolute atomic E-state index is 13.3. The number of hydrazone groups is 1. The van der Waals surface area contributed by atoms with Crippen molar-refractivity contribution in [3.05, 3.63) is 94.3 Å². The highest BCUT2D eigenvalue weighted by Gasteiger charge is 2.33. The Kier molecular flexibility index (Phi) is 5.45. The molecule has 5 rings (SSSR count). The number of benzene rings is 3. The number of hydrogen-bond donors (Lipinski definition) is 1. The summed E-state index contributed by atoms with van der Waals surface area (Å²) in [4.78, 5) is 13.3. The Labute approximate surface area is 197 Å². The standard InChI is InChI=1S/C27H25N3O4/c1-29-23-7-5-4-6-21(23)26(31)25(27(29)32)22-16-24(17-8-12-19(33-2)13-9-17)30(28-22)18-10-14-20(34-3)15-11-18/h4-15,24,31H,16H2,1-3H3. The molecule has 3 aromatic carbocycles. The third-order valence-electron chi connectivity index (χ3n) is 6.31. The quantitative estimate of drug-likeness (QED) is 0.475. The van der Waals surface area contributed by atoms with Crippen molar-refractivity contribution in [3.63, 3.8) is 0 Å². The van der Waals surface area contributed by atoms with E-state index in [-0.39, 0.29) is 22.9 Å². The largest absolute Gasteiger partial charge is 0.506 e. The smallest absolute Gasteiger partial charge is 0.263 e. The number of fused-ring (bicyclic) bond motifs is 1. The van der Waals surface area contributed by atoms with E-state index in [0.717, 1.165) is 22.7 Å². The molecule has 0 amide bonds. The fraction of sp³-hybridized carbons (Fsp3) is 0.185. The molecule has 0 fully saturated rings. The summed E-state index contributed by atoms with van der Waals surface area (Å²) in [5, 5.41) is 18.5. The summed E-state index contributed by atoms with van der Waals surface area (Å²) in [5.41, 5.74) is 3.04. The monoisotopic (exact) mass is 455 g/mol. The molecule has 0 spiro atoms. The molecule has 0 saturated carbocycles. The fourth-order valence-corrected chi connectivity index (χ4v) is 4.46. The number of nitrogens with zero attached hydrogens (tertiary/aromatic N) is 3. The second-order valence-corrected chi connectivity index (χ2v) is 8.19. The molecule has 1 N–H and O–H groups in total. The van der Waals surface area contributed by atoms with Crippen molar-refractivity contribution in [1.82, 2.24) is 4.57 Å². The van der Waals surface area contributed by atoms with Crippen molar-refractivity contribution in [2.45, 2.75) is 12.5 Å². The van der Waals surface area contributed by atoms with Gasteiger partial charge in [-0.15, -0.1) is 0 Å². The van der Waals surface area contributed by atoms with Crippen LogP contribution in [-0.2, 0) is 7.05 Å². The predicted molar refractivity (Wildman–Crippen MR) is 133 cm³/mol. The number of aromatic nitrogens is 1. The molecule has 0 aliphatic carbocycles. The minimum atomic E-state index is -0.278. The second-order valence-electron chi connectivity index (χ2n) is 8.19. The molecule has 34 heavy (non-hydrogen) atoms. The van der Waals surface area contributed by atoms with Gasteiger partial charge in [-0.25, -0.2) is 0 Å². The highest BCUT2D eigenvalue weighted by atomic mass is 16.5. The normalized spacial score (nSPS) is 15.4. The maximum Gasteiger partial charge on any atom is 0.263 e. The molecule has 7 nitrogen and oxygen atoms in total. The molecule has 1 aromatic heterocycles. The molecule has 2 heterocycles. The SMILES string of the molecule is COc1ccc(C2CC(c3c(O)c4ccccc4n(C)c3=O)=NN2c2ccc(OC)cc2)cc1. The maximum atomic E-state index is 13.3. The first kappa shape index (κ1) is 21.6. The summed E-state index contributed by atoms with van der Waals surface area (Å²) < 4.78 is 12.2. The van der Waals surface area contributed by atoms with Gasteiger partial charge in [-0.1, -0.05) is 24.3 Å². The molecular formula is C27H25N3O4. The zero-order valence-corrected chi connectivity index (χ0v) is 19.2. The van der Waals surface area contributed by atoms with Crippen LogP contribution in [0.1, 0.15) is 23.6 Å². The van der Waals surface area contributed by atoms with Crippen LogP contribution >= 0.6 is 0 Å². The van der Waals surface area contributed by atoms with Gasteiger partial charge >= 0.3 is 0 Å². The minimum Gasteiger partial charge on any atom is -0.506 e. The van der Waals surface area contributed by atoms with Gasteiger partial charge < -0.3 is 19.1 Å². The third-order valence-corrected chi connectivity index (χ3v) is 6.31. The zero-order chi connectivity index (χ0) is 23.8. The van der Waals surface area contributed by atoms with Crippen LogP contribution in [0.4, 0.5) is 5.69 Å². The van der Waals surface area contributed by atoms with E-state index in [0.29, 0.717) is 23.0 Å². The Morgan fingerprint density at radius 2 is 1.53 bits per heavy atom. The van der Waals surface area contributed by atoms with Crippen molar-refractivity contribution >= 4 is 22.3 Å². The van der Waals surface area contributed by atoms with Gasteiger partial charge in [-0.3, -0.25) is 9.80 Å². The molecule has 7 heteroatoms. The van der Waals surface area contributed by atoms with Gasteiger partial charge in [-0.05, 0) is 54.1 Å². The third kappa shape index (κ3) is 3.55. The topological polar surface area (TPSA) is 76.3 Å². The molecule has 172 valence electrons. The summed E-state index contributed by atoms with van der Waals surface area (Å²) >= 11 is 0. The van der Waals surface area contributed by atoms with Gasteiger partial charge in [0.05, 0.1) is 37.2 Å². The number of methoxy groups -OCH3 is 2. The molecule has 1 unspecified atom stereocenters. The first-order valence-electron chi connectivity index (χ1n) is 11.0. The van der Waals surface area contributed by atoms with E-state index < -0.39 is 0 Å². The lowest BCUT2D eigenvalue weighted by Crippen LogP contribution is -2.24. The van der Waals surface area contributed by atoms with Crippen LogP contribution in [0.25, 0.3) is 10.9 Å². The number of hydrogen-bond acceptors (Lipinski definition) is 6. The summed E-state index contributed by atoms with van der Waals surface area (Å²) in [6.45, 7) is 0. The summed E-state index contributed by atoms with van der Waals surface area (Å²) in [6, 6.07) is 22.6. The minimum absolute atomic E-state index is 0.0393. The molecular weight excluding hydrogens is 430 g/mol. The first-order chi connectivity index (χ1) is 16.5. The molecule has 1 aliphatic rings. The van der Waals surface area contributed by atoms with Crippen LogP contribution in [0.15, 0.2) is 82.7 Å². The zero-order valence-electron chi connectivity index (χ0n) is 19.2. The predicted octanol–water partition coefficient (Wildman–Crippen LogP) is 4.62. The van der Waals surface area contributed by atoms with Gasteiger partial charge in [0.15, 0.2) is 0 Å². The van der Waals surface area contributed by atoms with Crippen molar-refractivity contribution < 1.29 is 14.6 Å². The molecule has 0 bridgehead atoms. The van der Waals surface area contributed by atoms with E-state index in [1.54, 1.807) is 25.8 Å². The molecule has 1 aliphatic heterocycles. The van der Waals surface area contributed by atoms with Crippen LogP contribution in [0.2, 0.25) is 0 Å². The van der Waals surface area contributed by atoms with E-state index in [9.17, 15) is 9.90 Å². The van der Waals surface area contributed by atoms with Gasteiger partial charge in [0.2, 0.25) is 0 Å². The number of anilines is 1. The summed E-state index contributed by atoms with van der Waals surface area (Å²) in [7, 11) is 4.97. The van der Waals surface area contributed by atoms with Crippen molar-refractivity contribution in [1.29, 1.82) is 0 Å². The number of rotatable bonds is 5. The van der Waals surface area contributed by atoms with Crippen molar-refractivity contribution in [2.24, 2.45) is 12.1 Å². The Morgan fingerprint density at radius 1 is 0.912 bits per heavy atom. The summed E-state index contributed by atoms with van der Waals surface area (Å²) in [5.74, 6) is 1.47. The van der Waals surface area contributed by atoms with E-state index >= 15 is 0 Å². The van der Waals surface area contributed by atoms with Crippen LogP contribution in [-0.4, -0.2) is 29.6 Å². The molecule has 0 saturated heterocycles. The van der Waals surface area contributed by atoms with Crippen LogP contribution in [0.5, 0.6) is 17.2 Å². The van der Waals surface area contributed by atoms with Crippen molar-refractivity contribution in [2.75, 3.05) is 19.2 Å². The average Bonchev–Trinajstić information content (AvgIpc) is 3.32. The fourth-order valence-electron chi connectivity index (χ4n) is 4.46. The van der Waals surface area contributed by atoms with Crippen LogP contribution < -0.4 is 20.0 Å². The lowest BCUT2D eigenvalue weighted by Gasteiger charge is -2.24. The van der Waals surface area contributed by atoms with Crippen LogP contribution in [0.3, 0.4) is 0 Å². The van der Waals surface area contributed by atoms with Crippen LogP contribution in [0, 0.1) is 0 Å². The van der Waals surface area contributed by atoms with Gasteiger partial charge in [0.25, 0.3) is 5.56 Å². The molecule has 4 aromatic rings. The Balaban J connectivity index is 1.65. The van der Waals surface area contributed by atoms with E-state index in [2.05, 4.69) is 0 Å². The second kappa shape index (κ2) is 8.59. The lowest BCUT2D eigenvalue weighted by atomic mass is 9.97. The number of para-hydroxylation sites is 1. The molecule has 1 atom stereocenters. The van der Waals surface area contributed by atoms with Gasteiger partial charge in [0, 0.05) is 18.9 Å².